The van der Waals surface area contributed by atoms with E-state index in [0.29, 0.717) is 5.56 Å². The van der Waals surface area contributed by atoms with Gasteiger partial charge < -0.3 is 15.5 Å². The summed E-state index contributed by atoms with van der Waals surface area (Å²) in [5, 5.41) is 6.30. The highest BCUT2D eigenvalue weighted by Crippen LogP contribution is 2.24. The van der Waals surface area contributed by atoms with Crippen LogP contribution in [-0.4, -0.2) is 29.0 Å². The number of carbonyl (C=O) groups is 1. The second kappa shape index (κ2) is 8.53. The smallest absolute Gasteiger partial charge is 0.255 e. The Morgan fingerprint density at radius 1 is 0.867 bits per heavy atom. The Morgan fingerprint density at radius 3 is 2.27 bits per heavy atom. The molecule has 0 aliphatic carbocycles. The maximum Gasteiger partial charge on any atom is 0.255 e. The van der Waals surface area contributed by atoms with E-state index in [1.54, 1.807) is 0 Å². The van der Waals surface area contributed by atoms with Gasteiger partial charge in [-0.05, 0) is 81.1 Å². The fourth-order valence-electron chi connectivity index (χ4n) is 3.59. The molecule has 2 heterocycles. The zero-order valence-corrected chi connectivity index (χ0v) is 17.7. The molecule has 3 aromatic rings. The van der Waals surface area contributed by atoms with Gasteiger partial charge in [-0.1, -0.05) is 6.07 Å². The predicted molar refractivity (Wildman–Crippen MR) is 122 cm³/mol. The molecule has 4 rings (SSSR count). The van der Waals surface area contributed by atoms with Crippen LogP contribution in [-0.2, 0) is 0 Å². The average molecular weight is 402 g/mol. The molecule has 2 aromatic carbocycles. The Balaban J connectivity index is 1.43. The lowest BCUT2D eigenvalue weighted by molar-refractivity contribution is 0.102. The zero-order valence-electron chi connectivity index (χ0n) is 17.7. The van der Waals surface area contributed by atoms with E-state index in [4.69, 9.17) is 0 Å². The third-order valence-electron chi connectivity index (χ3n) is 5.44. The predicted octanol–water partition coefficient (Wildman–Crippen LogP) is 5.00. The molecule has 1 aliphatic rings. The summed E-state index contributed by atoms with van der Waals surface area (Å²) in [6.45, 7) is 8.05. The lowest BCUT2D eigenvalue weighted by Gasteiger charge is -2.18. The first-order chi connectivity index (χ1) is 14.5. The maximum atomic E-state index is 12.5. The molecular formula is C24H27N5O. The van der Waals surface area contributed by atoms with Crippen LogP contribution < -0.4 is 15.5 Å². The van der Waals surface area contributed by atoms with Crippen LogP contribution in [0, 0.1) is 20.8 Å². The molecule has 0 atom stereocenters. The van der Waals surface area contributed by atoms with Crippen LogP contribution in [0.4, 0.5) is 23.0 Å². The molecule has 0 bridgehead atoms. The van der Waals surface area contributed by atoms with E-state index >= 15 is 0 Å². The van der Waals surface area contributed by atoms with Crippen LogP contribution in [0.3, 0.4) is 0 Å². The van der Waals surface area contributed by atoms with Crippen molar-refractivity contribution in [1.82, 2.24) is 9.97 Å². The van der Waals surface area contributed by atoms with Crippen molar-refractivity contribution in [3.05, 3.63) is 71.0 Å². The number of amides is 1. The minimum Gasteiger partial charge on any atom is -0.356 e. The summed E-state index contributed by atoms with van der Waals surface area (Å²) in [4.78, 5) is 23.9. The number of anilines is 4. The van der Waals surface area contributed by atoms with Crippen molar-refractivity contribution >= 4 is 28.9 Å². The van der Waals surface area contributed by atoms with Crippen molar-refractivity contribution in [2.24, 2.45) is 0 Å². The van der Waals surface area contributed by atoms with Crippen molar-refractivity contribution in [2.75, 3.05) is 28.6 Å². The third-order valence-corrected chi connectivity index (χ3v) is 5.44. The van der Waals surface area contributed by atoms with Gasteiger partial charge in [0.2, 0.25) is 0 Å². The van der Waals surface area contributed by atoms with Gasteiger partial charge >= 0.3 is 0 Å². The molecule has 1 saturated heterocycles. The van der Waals surface area contributed by atoms with Crippen LogP contribution in [0.5, 0.6) is 0 Å². The third kappa shape index (κ3) is 4.59. The number of hydrogen-bond donors (Lipinski definition) is 2. The fraction of sp³-hybridized carbons (Fsp3) is 0.292. The topological polar surface area (TPSA) is 70.2 Å². The molecular weight excluding hydrogens is 374 g/mol. The molecule has 30 heavy (non-hydrogen) atoms. The van der Waals surface area contributed by atoms with Crippen molar-refractivity contribution < 1.29 is 4.79 Å². The lowest BCUT2D eigenvalue weighted by atomic mass is 10.1. The normalized spacial score (nSPS) is 13.4. The van der Waals surface area contributed by atoms with Crippen molar-refractivity contribution in [3.8, 4) is 0 Å². The number of hydrogen-bond acceptors (Lipinski definition) is 5. The second-order valence-electron chi connectivity index (χ2n) is 7.81. The summed E-state index contributed by atoms with van der Waals surface area (Å²) in [5.74, 6) is 2.38. The van der Waals surface area contributed by atoms with Gasteiger partial charge in [0.25, 0.3) is 5.91 Å². The number of rotatable bonds is 5. The summed E-state index contributed by atoms with van der Waals surface area (Å²) >= 11 is 0. The van der Waals surface area contributed by atoms with Gasteiger partial charge in [-0.2, -0.15) is 0 Å². The number of nitrogens with zero attached hydrogens (tertiary/aromatic N) is 3. The average Bonchev–Trinajstić information content (AvgIpc) is 3.26. The van der Waals surface area contributed by atoms with E-state index in [2.05, 4.69) is 25.5 Å². The molecule has 1 aliphatic heterocycles. The summed E-state index contributed by atoms with van der Waals surface area (Å²) in [6.07, 6.45) is 2.42. The molecule has 0 unspecified atom stereocenters. The van der Waals surface area contributed by atoms with E-state index in [1.165, 1.54) is 18.4 Å². The van der Waals surface area contributed by atoms with Gasteiger partial charge in [0.1, 0.15) is 17.5 Å². The number of benzene rings is 2. The summed E-state index contributed by atoms with van der Waals surface area (Å²) < 4.78 is 0. The Kier molecular flexibility index (Phi) is 5.65. The van der Waals surface area contributed by atoms with Gasteiger partial charge in [0, 0.05) is 36.1 Å². The van der Waals surface area contributed by atoms with E-state index in [0.717, 1.165) is 47.5 Å². The molecule has 0 spiro atoms. The number of aromatic nitrogens is 2. The van der Waals surface area contributed by atoms with Gasteiger partial charge in [-0.15, -0.1) is 0 Å². The van der Waals surface area contributed by atoms with Gasteiger partial charge in [0.15, 0.2) is 0 Å². The van der Waals surface area contributed by atoms with E-state index in [-0.39, 0.29) is 5.91 Å². The second-order valence-corrected chi connectivity index (χ2v) is 7.81. The van der Waals surface area contributed by atoms with Gasteiger partial charge in [-0.3, -0.25) is 4.79 Å². The van der Waals surface area contributed by atoms with E-state index < -0.39 is 0 Å². The highest BCUT2D eigenvalue weighted by atomic mass is 16.1. The Morgan fingerprint density at radius 2 is 1.57 bits per heavy atom. The Hall–Kier alpha value is -3.41. The number of carbonyl (C=O) groups excluding carboxylic acids is 1. The Bertz CT molecular complexity index is 1060. The van der Waals surface area contributed by atoms with E-state index in [9.17, 15) is 4.79 Å². The lowest BCUT2D eigenvalue weighted by Crippen LogP contribution is -2.19. The van der Waals surface area contributed by atoms with Crippen LogP contribution in [0.15, 0.2) is 48.5 Å². The van der Waals surface area contributed by atoms with Crippen LogP contribution in [0.25, 0.3) is 0 Å². The molecule has 0 radical (unpaired) electrons. The first-order valence-corrected chi connectivity index (χ1v) is 10.3. The van der Waals surface area contributed by atoms with Crippen molar-refractivity contribution in [1.29, 1.82) is 0 Å². The zero-order chi connectivity index (χ0) is 21.1. The molecule has 1 amide bonds. The molecule has 0 saturated carbocycles. The van der Waals surface area contributed by atoms with Gasteiger partial charge in [-0.25, -0.2) is 9.97 Å². The minimum absolute atomic E-state index is 0.111. The summed E-state index contributed by atoms with van der Waals surface area (Å²) in [5.41, 5.74) is 4.60. The first-order valence-electron chi connectivity index (χ1n) is 10.3. The molecule has 6 heteroatoms. The highest BCUT2D eigenvalue weighted by Gasteiger charge is 2.15. The molecule has 6 nitrogen and oxygen atoms in total. The van der Waals surface area contributed by atoms with Crippen LogP contribution >= 0.6 is 0 Å². The SMILES string of the molecule is Cc1nc(Nc2ccc(NC(=O)c3ccc(C)c(C)c3)cc2)cc(N2CCCC2)n1. The van der Waals surface area contributed by atoms with Crippen molar-refractivity contribution in [2.45, 2.75) is 33.6 Å². The maximum absolute atomic E-state index is 12.5. The summed E-state index contributed by atoms with van der Waals surface area (Å²) in [6, 6.07) is 15.4. The number of nitrogens with one attached hydrogen (secondary N) is 2. The largest absolute Gasteiger partial charge is 0.356 e. The Labute approximate surface area is 177 Å². The summed E-state index contributed by atoms with van der Waals surface area (Å²) in [7, 11) is 0. The molecule has 1 fully saturated rings. The van der Waals surface area contributed by atoms with Crippen molar-refractivity contribution in [3.63, 3.8) is 0 Å². The first kappa shape index (κ1) is 19.9. The van der Waals surface area contributed by atoms with Crippen LogP contribution in [0.2, 0.25) is 0 Å². The monoisotopic (exact) mass is 401 g/mol. The van der Waals surface area contributed by atoms with Gasteiger partial charge in [0.05, 0.1) is 0 Å². The standard InChI is InChI=1S/C24H27N5O/c1-16-6-7-19(14-17(16)2)24(30)28-21-10-8-20(9-11-21)27-22-15-23(26-18(3)25-22)29-12-4-5-13-29/h6-11,14-15H,4-5,12-13H2,1-3H3,(H,28,30)(H,25,26,27). The highest BCUT2D eigenvalue weighted by molar-refractivity contribution is 6.04. The van der Waals surface area contributed by atoms with Crippen LogP contribution in [0.1, 0.15) is 40.2 Å². The fourth-order valence-corrected chi connectivity index (χ4v) is 3.59. The van der Waals surface area contributed by atoms with E-state index in [1.807, 2.05) is 69.3 Å². The number of aryl methyl sites for hydroxylation is 3. The molecule has 154 valence electrons. The quantitative estimate of drug-likeness (QED) is 0.630. The molecule has 1 aromatic heterocycles. The minimum atomic E-state index is -0.111. The molecule has 2 N–H and O–H groups in total.